The quantitative estimate of drug-likeness (QED) is 0.853. The van der Waals surface area contributed by atoms with Crippen molar-refractivity contribution in [3.05, 3.63) is 77.7 Å². The molecular formula is C20H15F3N4O. The van der Waals surface area contributed by atoms with E-state index < -0.39 is 30.0 Å². The fourth-order valence-corrected chi connectivity index (χ4v) is 3.69. The van der Waals surface area contributed by atoms with E-state index in [-0.39, 0.29) is 11.5 Å². The van der Waals surface area contributed by atoms with Crippen molar-refractivity contribution in [2.75, 3.05) is 5.01 Å². The number of allylic oxidation sites excluding steroid dienone is 1. The topological polar surface area (TPSA) is 74.6 Å². The SMILES string of the molecule is N#CC1=C(N)O[C@@H]2[C@@H](C(C(F)(F)F)=NN2c2ccccc2)[C@H]1c1ccccc1. The highest BCUT2D eigenvalue weighted by Gasteiger charge is 2.57. The molecule has 0 fully saturated rings. The van der Waals surface area contributed by atoms with Gasteiger partial charge in [-0.1, -0.05) is 48.5 Å². The first-order chi connectivity index (χ1) is 13.4. The Hall–Kier alpha value is -3.47. The lowest BCUT2D eigenvalue weighted by Crippen LogP contribution is -2.46. The summed E-state index contributed by atoms with van der Waals surface area (Å²) in [5, 5.41) is 14.6. The summed E-state index contributed by atoms with van der Waals surface area (Å²) in [7, 11) is 0. The van der Waals surface area contributed by atoms with Gasteiger partial charge < -0.3 is 10.5 Å². The second kappa shape index (κ2) is 6.60. The number of para-hydroxylation sites is 1. The van der Waals surface area contributed by atoms with Gasteiger partial charge in [-0.05, 0) is 17.7 Å². The molecule has 4 rings (SSSR count). The highest BCUT2D eigenvalue weighted by molar-refractivity contribution is 5.96. The van der Waals surface area contributed by atoms with E-state index in [9.17, 15) is 18.4 Å². The van der Waals surface area contributed by atoms with E-state index in [2.05, 4.69) is 5.10 Å². The number of hydrogen-bond acceptors (Lipinski definition) is 5. The average molecular weight is 384 g/mol. The minimum Gasteiger partial charge on any atom is -0.452 e. The average Bonchev–Trinajstić information content (AvgIpc) is 3.07. The van der Waals surface area contributed by atoms with E-state index in [1.807, 2.05) is 6.07 Å². The third-order valence-electron chi connectivity index (χ3n) is 4.85. The molecule has 2 aromatic carbocycles. The van der Waals surface area contributed by atoms with Crippen LogP contribution in [-0.4, -0.2) is 18.1 Å². The minimum absolute atomic E-state index is 0.0284. The fourth-order valence-electron chi connectivity index (χ4n) is 3.69. The van der Waals surface area contributed by atoms with Gasteiger partial charge in [0.2, 0.25) is 12.1 Å². The molecule has 0 radical (unpaired) electrons. The van der Waals surface area contributed by atoms with Gasteiger partial charge in [-0.2, -0.15) is 23.5 Å². The number of halogens is 3. The number of nitrogens with zero attached hydrogens (tertiary/aromatic N) is 3. The Morgan fingerprint density at radius 1 is 1.04 bits per heavy atom. The maximum atomic E-state index is 13.9. The highest BCUT2D eigenvalue weighted by Crippen LogP contribution is 2.48. The van der Waals surface area contributed by atoms with Crippen molar-refractivity contribution >= 4 is 11.4 Å². The summed E-state index contributed by atoms with van der Waals surface area (Å²) in [5.41, 5.74) is 5.92. The molecule has 28 heavy (non-hydrogen) atoms. The number of alkyl halides is 3. The fraction of sp³-hybridized carbons (Fsp3) is 0.200. The maximum absolute atomic E-state index is 13.9. The van der Waals surface area contributed by atoms with Gasteiger partial charge in [0, 0.05) is 5.92 Å². The zero-order valence-electron chi connectivity index (χ0n) is 14.5. The summed E-state index contributed by atoms with van der Waals surface area (Å²) >= 11 is 0. The van der Waals surface area contributed by atoms with Crippen LogP contribution in [0, 0.1) is 17.2 Å². The van der Waals surface area contributed by atoms with E-state index in [0.29, 0.717) is 11.3 Å². The summed E-state index contributed by atoms with van der Waals surface area (Å²) in [6.07, 6.45) is -5.79. The number of nitriles is 1. The molecule has 2 heterocycles. The summed E-state index contributed by atoms with van der Waals surface area (Å²) in [6, 6.07) is 18.9. The first kappa shape index (κ1) is 17.9. The number of rotatable bonds is 2. The van der Waals surface area contributed by atoms with Crippen molar-refractivity contribution in [3.63, 3.8) is 0 Å². The van der Waals surface area contributed by atoms with Gasteiger partial charge in [0.05, 0.1) is 17.2 Å². The molecule has 3 atom stereocenters. The van der Waals surface area contributed by atoms with Crippen LogP contribution in [-0.2, 0) is 4.74 Å². The standard InChI is InChI=1S/C20H15F3N4O/c21-20(22,23)17-16-15(12-7-3-1-4-8-12)14(11-24)18(25)28-19(16)27(26-17)13-9-5-2-6-10-13/h1-10,15-16,19H,25H2/t15-,16+,19+/m0/s1. The van der Waals surface area contributed by atoms with Crippen LogP contribution in [0.3, 0.4) is 0 Å². The Labute approximate surface area is 159 Å². The highest BCUT2D eigenvalue weighted by atomic mass is 19.4. The van der Waals surface area contributed by atoms with Crippen molar-refractivity contribution in [3.8, 4) is 6.07 Å². The van der Waals surface area contributed by atoms with Gasteiger partial charge in [0.15, 0.2) is 5.71 Å². The molecule has 0 amide bonds. The molecule has 0 spiro atoms. The molecule has 8 heteroatoms. The molecule has 2 N–H and O–H groups in total. The normalized spacial score (nSPS) is 24.3. The number of benzene rings is 2. The van der Waals surface area contributed by atoms with Crippen LogP contribution in [0.2, 0.25) is 0 Å². The van der Waals surface area contributed by atoms with Crippen molar-refractivity contribution in [2.45, 2.75) is 18.3 Å². The first-order valence-electron chi connectivity index (χ1n) is 8.53. The van der Waals surface area contributed by atoms with Gasteiger partial charge in [0.25, 0.3) is 0 Å². The second-order valence-corrected chi connectivity index (χ2v) is 6.48. The Kier molecular flexibility index (Phi) is 4.23. The lowest BCUT2D eigenvalue weighted by atomic mass is 9.76. The predicted octanol–water partition coefficient (Wildman–Crippen LogP) is 3.88. The maximum Gasteiger partial charge on any atom is 0.431 e. The Bertz CT molecular complexity index is 980. The third-order valence-corrected chi connectivity index (χ3v) is 4.85. The summed E-state index contributed by atoms with van der Waals surface area (Å²) in [5.74, 6) is -2.33. The van der Waals surface area contributed by atoms with Gasteiger partial charge in [-0.25, -0.2) is 5.01 Å². The molecular weight excluding hydrogens is 369 g/mol. The largest absolute Gasteiger partial charge is 0.452 e. The lowest BCUT2D eigenvalue weighted by molar-refractivity contribution is -0.0658. The molecule has 2 aromatic rings. The number of nitrogens with two attached hydrogens (primary N) is 1. The van der Waals surface area contributed by atoms with E-state index in [0.717, 1.165) is 0 Å². The van der Waals surface area contributed by atoms with Gasteiger partial charge in [-0.15, -0.1) is 0 Å². The summed E-state index contributed by atoms with van der Waals surface area (Å²) < 4.78 is 47.3. The number of hydrogen-bond donors (Lipinski definition) is 1. The second-order valence-electron chi connectivity index (χ2n) is 6.48. The van der Waals surface area contributed by atoms with E-state index in [4.69, 9.17) is 10.5 Å². The van der Waals surface area contributed by atoms with Crippen LogP contribution in [0.5, 0.6) is 0 Å². The summed E-state index contributed by atoms with van der Waals surface area (Å²) in [4.78, 5) is 0. The van der Waals surface area contributed by atoms with E-state index in [1.165, 1.54) is 5.01 Å². The zero-order valence-corrected chi connectivity index (χ0v) is 14.5. The molecule has 0 aromatic heterocycles. The van der Waals surface area contributed by atoms with Crippen LogP contribution < -0.4 is 10.7 Å². The zero-order chi connectivity index (χ0) is 19.9. The van der Waals surface area contributed by atoms with Crippen molar-refractivity contribution in [1.82, 2.24) is 0 Å². The summed E-state index contributed by atoms with van der Waals surface area (Å²) in [6.45, 7) is 0. The van der Waals surface area contributed by atoms with E-state index in [1.54, 1.807) is 60.7 Å². The molecule has 142 valence electrons. The van der Waals surface area contributed by atoms with Crippen molar-refractivity contribution < 1.29 is 17.9 Å². The van der Waals surface area contributed by atoms with Crippen LogP contribution >= 0.6 is 0 Å². The molecule has 2 aliphatic rings. The van der Waals surface area contributed by atoms with Crippen LogP contribution in [0.1, 0.15) is 11.5 Å². The van der Waals surface area contributed by atoms with Gasteiger partial charge in [0.1, 0.15) is 6.07 Å². The number of ether oxygens (including phenoxy) is 1. The number of fused-ring (bicyclic) bond motifs is 1. The molecule has 0 bridgehead atoms. The molecule has 0 saturated carbocycles. The monoisotopic (exact) mass is 384 g/mol. The molecule has 0 aliphatic carbocycles. The van der Waals surface area contributed by atoms with Gasteiger partial charge in [-0.3, -0.25) is 0 Å². The van der Waals surface area contributed by atoms with E-state index >= 15 is 0 Å². The minimum atomic E-state index is -4.69. The molecule has 0 unspecified atom stereocenters. The van der Waals surface area contributed by atoms with Crippen molar-refractivity contribution in [2.24, 2.45) is 16.8 Å². The van der Waals surface area contributed by atoms with Crippen LogP contribution in [0.4, 0.5) is 18.9 Å². The Morgan fingerprint density at radius 2 is 1.64 bits per heavy atom. The number of hydrazone groups is 1. The predicted molar refractivity (Wildman–Crippen MR) is 96.8 cm³/mol. The molecule has 2 aliphatic heterocycles. The Balaban J connectivity index is 1.90. The lowest BCUT2D eigenvalue weighted by Gasteiger charge is -2.37. The Morgan fingerprint density at radius 3 is 2.21 bits per heavy atom. The first-order valence-corrected chi connectivity index (χ1v) is 8.53. The van der Waals surface area contributed by atoms with Crippen molar-refractivity contribution in [1.29, 1.82) is 5.26 Å². The molecule has 5 nitrogen and oxygen atoms in total. The number of anilines is 1. The third kappa shape index (κ3) is 2.85. The smallest absolute Gasteiger partial charge is 0.431 e. The van der Waals surface area contributed by atoms with Crippen LogP contribution in [0.15, 0.2) is 77.2 Å². The van der Waals surface area contributed by atoms with Crippen LogP contribution in [0.25, 0.3) is 0 Å². The van der Waals surface area contributed by atoms with Gasteiger partial charge >= 0.3 is 6.18 Å². The molecule has 0 saturated heterocycles.